The summed E-state index contributed by atoms with van der Waals surface area (Å²) in [6.07, 6.45) is 1.17. The number of aryl methyl sites for hydroxylation is 1. The van der Waals surface area contributed by atoms with Crippen LogP contribution in [0.2, 0.25) is 0 Å². The topological polar surface area (TPSA) is 106 Å². The maximum atomic E-state index is 10.8. The monoisotopic (exact) mass is 303 g/mol. The van der Waals surface area contributed by atoms with Crippen LogP contribution in [0.4, 0.5) is 5.00 Å². The second kappa shape index (κ2) is 5.00. The van der Waals surface area contributed by atoms with E-state index in [-0.39, 0.29) is 9.88 Å². The zero-order valence-corrected chi connectivity index (χ0v) is 11.3. The van der Waals surface area contributed by atoms with Crippen LogP contribution in [0.3, 0.4) is 0 Å². The van der Waals surface area contributed by atoms with Gasteiger partial charge in [-0.1, -0.05) is 11.3 Å². The molecule has 0 amide bonds. The number of rotatable bonds is 4. The van der Waals surface area contributed by atoms with Crippen LogP contribution >= 0.6 is 34.4 Å². The van der Waals surface area contributed by atoms with E-state index in [2.05, 4.69) is 9.97 Å². The third-order valence-electron chi connectivity index (χ3n) is 1.80. The number of carbonyl (C=O) groups is 1. The molecule has 0 aliphatic carbocycles. The van der Waals surface area contributed by atoms with Crippen LogP contribution < -0.4 is 0 Å². The van der Waals surface area contributed by atoms with Gasteiger partial charge in [-0.25, -0.2) is 14.8 Å². The molecule has 0 radical (unpaired) electrons. The molecule has 0 saturated carbocycles. The summed E-state index contributed by atoms with van der Waals surface area (Å²) >= 11 is 3.09. The molecule has 0 aliphatic rings. The lowest BCUT2D eigenvalue weighted by molar-refractivity contribution is -0.380. The van der Waals surface area contributed by atoms with Crippen molar-refractivity contribution in [3.63, 3.8) is 0 Å². The van der Waals surface area contributed by atoms with Gasteiger partial charge in [0.05, 0.1) is 10.6 Å². The van der Waals surface area contributed by atoms with Crippen molar-refractivity contribution in [2.24, 2.45) is 0 Å². The number of carboxylic acid groups (broad SMARTS) is 1. The third kappa shape index (κ3) is 2.66. The average Bonchev–Trinajstić information content (AvgIpc) is 2.86. The predicted molar refractivity (Wildman–Crippen MR) is 66.7 cm³/mol. The summed E-state index contributed by atoms with van der Waals surface area (Å²) in [6, 6.07) is 0. The minimum absolute atomic E-state index is 0.0516. The molecule has 2 rings (SSSR count). The van der Waals surface area contributed by atoms with E-state index in [1.165, 1.54) is 6.20 Å². The number of carboxylic acids is 1. The van der Waals surface area contributed by atoms with Crippen LogP contribution in [0.15, 0.2) is 14.9 Å². The van der Waals surface area contributed by atoms with Crippen molar-refractivity contribution in [1.82, 2.24) is 9.97 Å². The highest BCUT2D eigenvalue weighted by Gasteiger charge is 2.17. The third-order valence-corrected chi connectivity index (χ3v) is 5.03. The van der Waals surface area contributed by atoms with E-state index in [0.29, 0.717) is 14.4 Å². The van der Waals surface area contributed by atoms with Crippen molar-refractivity contribution in [3.05, 3.63) is 26.9 Å². The van der Waals surface area contributed by atoms with Gasteiger partial charge in [-0.15, -0.1) is 0 Å². The van der Waals surface area contributed by atoms with Crippen LogP contribution in [0.25, 0.3) is 0 Å². The summed E-state index contributed by atoms with van der Waals surface area (Å²) in [5, 5.41) is 19.3. The smallest absolute Gasteiger partial charge is 0.347 e. The summed E-state index contributed by atoms with van der Waals surface area (Å²) in [6.45, 7) is 1.61. The van der Waals surface area contributed by atoms with Crippen molar-refractivity contribution in [3.8, 4) is 0 Å². The number of nitro groups is 1. The summed E-state index contributed by atoms with van der Waals surface area (Å²) in [5.74, 6) is -1.03. The molecule has 2 aromatic rings. The maximum Gasteiger partial charge on any atom is 0.347 e. The molecule has 0 bridgehead atoms. The molecule has 7 nitrogen and oxygen atoms in total. The molecule has 0 atom stereocenters. The Morgan fingerprint density at radius 1 is 1.50 bits per heavy atom. The van der Waals surface area contributed by atoms with Crippen molar-refractivity contribution in [2.75, 3.05) is 0 Å². The van der Waals surface area contributed by atoms with E-state index >= 15 is 0 Å². The van der Waals surface area contributed by atoms with Crippen molar-refractivity contribution < 1.29 is 14.8 Å². The Labute approximate surface area is 113 Å². The standard InChI is InChI=1S/C8H5N3O4S3/c1-3-5(6(12)13)17-8(10-3)18-7-9-2-4(16-7)11(14)15/h2H,1H3,(H,12,13). The highest BCUT2D eigenvalue weighted by molar-refractivity contribution is 8.02. The first-order valence-corrected chi connectivity index (χ1v) is 6.91. The SMILES string of the molecule is Cc1nc(Sc2ncc([N+](=O)[O-])s2)sc1C(=O)O. The average molecular weight is 303 g/mol. The lowest BCUT2D eigenvalue weighted by Gasteiger charge is -1.87. The second-order valence-electron chi connectivity index (χ2n) is 3.02. The molecule has 2 aromatic heterocycles. The normalized spacial score (nSPS) is 10.5. The molecule has 0 unspecified atom stereocenters. The molecular formula is C8H5N3O4S3. The number of hydrogen-bond donors (Lipinski definition) is 1. The number of hydrogen-bond acceptors (Lipinski definition) is 8. The van der Waals surface area contributed by atoms with Gasteiger partial charge < -0.3 is 5.11 Å². The number of thiazole rings is 2. The molecule has 0 aromatic carbocycles. The van der Waals surface area contributed by atoms with Gasteiger partial charge in [-0.05, 0) is 30.0 Å². The van der Waals surface area contributed by atoms with Crippen LogP contribution in [0.1, 0.15) is 15.4 Å². The fourth-order valence-corrected chi connectivity index (χ4v) is 4.08. The van der Waals surface area contributed by atoms with Gasteiger partial charge >= 0.3 is 11.0 Å². The Balaban J connectivity index is 2.20. The second-order valence-corrected chi connectivity index (χ2v) is 6.53. The first-order chi connectivity index (χ1) is 8.47. The Morgan fingerprint density at radius 3 is 2.72 bits per heavy atom. The van der Waals surface area contributed by atoms with Crippen LogP contribution in [-0.4, -0.2) is 26.0 Å². The first-order valence-electron chi connectivity index (χ1n) is 4.46. The molecule has 2 heterocycles. The lowest BCUT2D eigenvalue weighted by atomic mass is 10.4. The maximum absolute atomic E-state index is 10.8. The first kappa shape index (κ1) is 12.9. The molecule has 0 fully saturated rings. The van der Waals surface area contributed by atoms with Crippen LogP contribution in [0, 0.1) is 17.0 Å². The highest BCUT2D eigenvalue weighted by atomic mass is 32.2. The molecule has 94 valence electrons. The highest BCUT2D eigenvalue weighted by Crippen LogP contribution is 2.36. The van der Waals surface area contributed by atoms with Gasteiger partial charge in [0.2, 0.25) is 0 Å². The van der Waals surface area contributed by atoms with E-state index in [4.69, 9.17) is 5.11 Å². The molecule has 1 N–H and O–H groups in total. The van der Waals surface area contributed by atoms with E-state index in [9.17, 15) is 14.9 Å². The largest absolute Gasteiger partial charge is 0.477 e. The number of aromatic nitrogens is 2. The van der Waals surface area contributed by atoms with Crippen molar-refractivity contribution >= 4 is 45.4 Å². The van der Waals surface area contributed by atoms with Gasteiger partial charge in [0.1, 0.15) is 11.1 Å². The zero-order valence-electron chi connectivity index (χ0n) is 8.82. The predicted octanol–water partition coefficient (Wildman–Crippen LogP) is 2.67. The molecule has 0 aliphatic heterocycles. The number of nitrogens with zero attached hydrogens (tertiary/aromatic N) is 3. The fraction of sp³-hybridized carbons (Fsp3) is 0.125. The van der Waals surface area contributed by atoms with Gasteiger partial charge in [0.25, 0.3) is 0 Å². The van der Waals surface area contributed by atoms with Crippen molar-refractivity contribution in [1.29, 1.82) is 0 Å². The zero-order chi connectivity index (χ0) is 13.3. The molecule has 10 heteroatoms. The fourth-order valence-electron chi connectivity index (χ4n) is 1.07. The Hall–Kier alpha value is -1.52. The summed E-state index contributed by atoms with van der Waals surface area (Å²) in [4.78, 5) is 28.9. The van der Waals surface area contributed by atoms with Gasteiger partial charge in [0, 0.05) is 0 Å². The number of aromatic carboxylic acids is 1. The Bertz CT molecular complexity index is 621. The van der Waals surface area contributed by atoms with E-state index in [1.54, 1.807) is 6.92 Å². The molecule has 18 heavy (non-hydrogen) atoms. The lowest BCUT2D eigenvalue weighted by Crippen LogP contribution is -1.94. The minimum atomic E-state index is -1.03. The van der Waals surface area contributed by atoms with E-state index in [0.717, 1.165) is 34.4 Å². The summed E-state index contributed by atoms with van der Waals surface area (Å²) < 4.78 is 0.974. The quantitative estimate of drug-likeness (QED) is 0.683. The molecule has 0 saturated heterocycles. The molecular weight excluding hydrogens is 298 g/mol. The summed E-state index contributed by atoms with van der Waals surface area (Å²) in [7, 11) is 0. The molecule has 0 spiro atoms. The van der Waals surface area contributed by atoms with Gasteiger partial charge in [0.15, 0.2) is 8.68 Å². The van der Waals surface area contributed by atoms with Crippen molar-refractivity contribution in [2.45, 2.75) is 15.6 Å². The van der Waals surface area contributed by atoms with E-state index < -0.39 is 10.9 Å². The Morgan fingerprint density at radius 2 is 2.22 bits per heavy atom. The van der Waals surface area contributed by atoms with Gasteiger partial charge in [-0.2, -0.15) is 0 Å². The van der Waals surface area contributed by atoms with Gasteiger partial charge in [-0.3, -0.25) is 10.1 Å². The summed E-state index contributed by atoms with van der Waals surface area (Å²) in [5.41, 5.74) is 0.432. The van der Waals surface area contributed by atoms with Crippen LogP contribution in [-0.2, 0) is 0 Å². The minimum Gasteiger partial charge on any atom is -0.477 e. The Kier molecular flexibility index (Phi) is 3.59. The van der Waals surface area contributed by atoms with E-state index in [1.807, 2.05) is 0 Å². The van der Waals surface area contributed by atoms with Crippen LogP contribution in [0.5, 0.6) is 0 Å².